The maximum atomic E-state index is 12.7. The molecule has 2 fully saturated rings. The van der Waals surface area contributed by atoms with Crippen molar-refractivity contribution in [2.45, 2.75) is 51.5 Å². The van der Waals surface area contributed by atoms with Crippen LogP contribution in [-0.2, 0) is 20.8 Å². The van der Waals surface area contributed by atoms with Gasteiger partial charge in [0.15, 0.2) is 0 Å². The number of fused-ring (bicyclic) bond motifs is 2. The van der Waals surface area contributed by atoms with Crippen LogP contribution in [0.1, 0.15) is 55.5 Å². The molecule has 0 unspecified atom stereocenters. The number of carbonyl (C=O) groups excluding carboxylic acids is 3. The summed E-state index contributed by atoms with van der Waals surface area (Å²) in [5.41, 5.74) is 1.24. The van der Waals surface area contributed by atoms with Crippen LogP contribution in [0.25, 0.3) is 0 Å². The van der Waals surface area contributed by atoms with E-state index >= 15 is 0 Å². The van der Waals surface area contributed by atoms with Crippen molar-refractivity contribution in [3.05, 3.63) is 21.9 Å². The second-order valence-corrected chi connectivity index (χ2v) is 8.39. The monoisotopic (exact) mass is 360 g/mol. The minimum atomic E-state index is -0.126. The molecule has 3 heterocycles. The normalized spacial score (nSPS) is 28.9. The van der Waals surface area contributed by atoms with Crippen LogP contribution in [0.5, 0.6) is 0 Å². The molecule has 25 heavy (non-hydrogen) atoms. The predicted octanol–water partition coefficient (Wildman–Crippen LogP) is 2.76. The quantitative estimate of drug-likeness (QED) is 0.779. The van der Waals surface area contributed by atoms with Gasteiger partial charge in [0.05, 0.1) is 17.9 Å². The van der Waals surface area contributed by atoms with Crippen molar-refractivity contribution < 1.29 is 14.4 Å². The van der Waals surface area contributed by atoms with Crippen molar-refractivity contribution in [1.29, 1.82) is 0 Å². The Bertz CT molecular complexity index is 689. The summed E-state index contributed by atoms with van der Waals surface area (Å²) in [4.78, 5) is 42.4. The molecule has 1 saturated heterocycles. The lowest BCUT2D eigenvalue weighted by Gasteiger charge is -2.34. The van der Waals surface area contributed by atoms with Gasteiger partial charge in [0.2, 0.25) is 17.7 Å². The number of thiophene rings is 1. The van der Waals surface area contributed by atoms with Crippen molar-refractivity contribution in [2.75, 3.05) is 13.1 Å². The molecule has 3 amide bonds. The average molecular weight is 360 g/mol. The summed E-state index contributed by atoms with van der Waals surface area (Å²) in [7, 11) is 0. The number of carbonyl (C=O) groups is 3. The Hall–Kier alpha value is -1.69. The standard InChI is InChI=1S/C19H24N2O3S/c1-12-13-8-11-25-16(13)6-9-20(12)17(22)7-10-21-18(23)14-4-2-3-5-15(14)19(21)24/h8,11-12,14-15H,2-7,9-10H2,1H3/t12-,14-,15-/m1/s1. The number of nitrogens with zero attached hydrogens (tertiary/aromatic N) is 2. The Labute approximate surface area is 152 Å². The Morgan fingerprint density at radius 2 is 1.88 bits per heavy atom. The van der Waals surface area contributed by atoms with Crippen molar-refractivity contribution in [3.8, 4) is 0 Å². The van der Waals surface area contributed by atoms with Gasteiger partial charge < -0.3 is 4.90 Å². The molecule has 3 atom stereocenters. The highest BCUT2D eigenvalue weighted by Gasteiger charge is 2.48. The minimum Gasteiger partial charge on any atom is -0.335 e. The Morgan fingerprint density at radius 3 is 2.56 bits per heavy atom. The summed E-state index contributed by atoms with van der Waals surface area (Å²) in [6.45, 7) is 3.02. The molecule has 3 aliphatic rings. The second kappa shape index (κ2) is 6.56. The van der Waals surface area contributed by atoms with E-state index in [0.29, 0.717) is 0 Å². The molecular weight excluding hydrogens is 336 g/mol. The first kappa shape index (κ1) is 16.8. The van der Waals surface area contributed by atoms with Gasteiger partial charge in [-0.15, -0.1) is 11.3 Å². The molecule has 1 saturated carbocycles. The summed E-state index contributed by atoms with van der Waals surface area (Å²) in [5, 5.41) is 2.08. The molecule has 2 aliphatic heterocycles. The maximum Gasteiger partial charge on any atom is 0.233 e. The van der Waals surface area contributed by atoms with Gasteiger partial charge in [0, 0.05) is 24.4 Å². The van der Waals surface area contributed by atoms with E-state index in [2.05, 4.69) is 18.4 Å². The summed E-state index contributed by atoms with van der Waals surface area (Å²) >= 11 is 1.75. The fourth-order valence-corrected chi connectivity index (χ4v) is 5.62. The number of amides is 3. The molecule has 5 nitrogen and oxygen atoms in total. The van der Waals surface area contributed by atoms with Gasteiger partial charge in [-0.2, -0.15) is 0 Å². The van der Waals surface area contributed by atoms with Crippen LogP contribution < -0.4 is 0 Å². The molecule has 6 heteroatoms. The Kier molecular flexibility index (Phi) is 4.40. The Morgan fingerprint density at radius 1 is 1.20 bits per heavy atom. The topological polar surface area (TPSA) is 57.7 Å². The van der Waals surface area contributed by atoms with E-state index < -0.39 is 0 Å². The first-order valence-electron chi connectivity index (χ1n) is 9.29. The van der Waals surface area contributed by atoms with Crippen LogP contribution in [0.2, 0.25) is 0 Å². The van der Waals surface area contributed by atoms with Gasteiger partial charge in [0.1, 0.15) is 0 Å². The van der Waals surface area contributed by atoms with Crippen LogP contribution in [0.4, 0.5) is 0 Å². The van der Waals surface area contributed by atoms with Crippen LogP contribution >= 0.6 is 11.3 Å². The van der Waals surface area contributed by atoms with E-state index in [1.54, 1.807) is 11.3 Å². The molecule has 0 bridgehead atoms. The lowest BCUT2D eigenvalue weighted by atomic mass is 9.81. The molecule has 0 radical (unpaired) electrons. The van der Waals surface area contributed by atoms with E-state index in [1.807, 2.05) is 4.90 Å². The number of hydrogen-bond donors (Lipinski definition) is 0. The molecule has 4 rings (SSSR count). The molecule has 1 aromatic heterocycles. The molecule has 1 aromatic rings. The number of rotatable bonds is 3. The van der Waals surface area contributed by atoms with Gasteiger partial charge in [-0.05, 0) is 43.2 Å². The first-order chi connectivity index (χ1) is 12.1. The Balaban J connectivity index is 1.39. The van der Waals surface area contributed by atoms with Crippen LogP contribution in [0.3, 0.4) is 0 Å². The molecule has 0 aromatic carbocycles. The largest absolute Gasteiger partial charge is 0.335 e. The third-order valence-electron chi connectivity index (χ3n) is 6.08. The van der Waals surface area contributed by atoms with Crippen molar-refractivity contribution in [3.63, 3.8) is 0 Å². The van der Waals surface area contributed by atoms with Crippen molar-refractivity contribution in [2.24, 2.45) is 11.8 Å². The number of hydrogen-bond acceptors (Lipinski definition) is 4. The smallest absolute Gasteiger partial charge is 0.233 e. The van der Waals surface area contributed by atoms with E-state index in [9.17, 15) is 14.4 Å². The zero-order valence-corrected chi connectivity index (χ0v) is 15.4. The van der Waals surface area contributed by atoms with E-state index in [4.69, 9.17) is 0 Å². The van der Waals surface area contributed by atoms with Gasteiger partial charge in [-0.25, -0.2) is 0 Å². The van der Waals surface area contributed by atoms with Gasteiger partial charge in [0.25, 0.3) is 0 Å². The SMILES string of the molecule is C[C@@H]1c2ccsc2CCN1C(=O)CCN1C(=O)[C@@H]2CCCC[C@H]2C1=O. The lowest BCUT2D eigenvalue weighted by molar-refractivity contribution is -0.141. The highest BCUT2D eigenvalue weighted by atomic mass is 32.1. The second-order valence-electron chi connectivity index (χ2n) is 7.39. The van der Waals surface area contributed by atoms with Crippen molar-refractivity contribution in [1.82, 2.24) is 9.80 Å². The summed E-state index contributed by atoms with van der Waals surface area (Å²) in [5.74, 6) is -0.305. The summed E-state index contributed by atoms with van der Waals surface area (Å²) in [6.07, 6.45) is 4.84. The summed E-state index contributed by atoms with van der Waals surface area (Å²) < 4.78 is 0. The van der Waals surface area contributed by atoms with E-state index in [1.165, 1.54) is 15.3 Å². The lowest BCUT2D eigenvalue weighted by Crippen LogP contribution is -2.41. The van der Waals surface area contributed by atoms with E-state index in [-0.39, 0.29) is 48.6 Å². The van der Waals surface area contributed by atoms with E-state index in [0.717, 1.165) is 38.6 Å². The molecule has 1 aliphatic carbocycles. The van der Waals surface area contributed by atoms with Gasteiger partial charge in [-0.3, -0.25) is 19.3 Å². The predicted molar refractivity (Wildman–Crippen MR) is 94.9 cm³/mol. The third kappa shape index (κ3) is 2.80. The van der Waals surface area contributed by atoms with Gasteiger partial charge >= 0.3 is 0 Å². The minimum absolute atomic E-state index is 0.0415. The molecule has 134 valence electrons. The molecule has 0 N–H and O–H groups in total. The molecule has 0 spiro atoms. The highest BCUT2D eigenvalue weighted by Crippen LogP contribution is 2.38. The van der Waals surface area contributed by atoms with Gasteiger partial charge in [-0.1, -0.05) is 12.8 Å². The zero-order chi connectivity index (χ0) is 17.6. The fourth-order valence-electron chi connectivity index (χ4n) is 4.65. The zero-order valence-electron chi connectivity index (χ0n) is 14.6. The third-order valence-corrected chi connectivity index (χ3v) is 7.08. The van der Waals surface area contributed by atoms with Crippen molar-refractivity contribution >= 4 is 29.1 Å². The average Bonchev–Trinajstić information content (AvgIpc) is 3.19. The fraction of sp³-hybridized carbons (Fsp3) is 0.632. The maximum absolute atomic E-state index is 12.7. The summed E-state index contributed by atoms with van der Waals surface area (Å²) in [6, 6.07) is 2.18. The number of imide groups is 1. The number of likely N-dealkylation sites (tertiary alicyclic amines) is 1. The molecular formula is C19H24N2O3S. The van der Waals surface area contributed by atoms with Crippen LogP contribution in [-0.4, -0.2) is 40.6 Å². The first-order valence-corrected chi connectivity index (χ1v) is 10.2. The highest BCUT2D eigenvalue weighted by molar-refractivity contribution is 7.10. The van der Waals surface area contributed by atoms with Crippen LogP contribution in [0.15, 0.2) is 11.4 Å². The van der Waals surface area contributed by atoms with Crippen LogP contribution in [0, 0.1) is 11.8 Å².